The van der Waals surface area contributed by atoms with Crippen molar-refractivity contribution < 1.29 is 14.3 Å². The maximum atomic E-state index is 12.6. The predicted molar refractivity (Wildman–Crippen MR) is 159 cm³/mol. The second-order valence-electron chi connectivity index (χ2n) is 10.2. The summed E-state index contributed by atoms with van der Waals surface area (Å²) in [6.07, 6.45) is 14.0. The summed E-state index contributed by atoms with van der Waals surface area (Å²) in [5.41, 5.74) is 4.14. The third kappa shape index (κ3) is 10.2. The lowest BCUT2D eigenvalue weighted by molar-refractivity contribution is 0.0734. The molecule has 0 aliphatic carbocycles. The first-order valence-electron chi connectivity index (χ1n) is 14.3. The first-order valence-corrected chi connectivity index (χ1v) is 14.3. The summed E-state index contributed by atoms with van der Waals surface area (Å²) in [4.78, 5) is 12.6. The average Bonchev–Trinajstić information content (AvgIpc) is 2.96. The van der Waals surface area contributed by atoms with Gasteiger partial charge in [-0.1, -0.05) is 88.4 Å². The number of ether oxygens (including phenoxy) is 2. The van der Waals surface area contributed by atoms with Crippen molar-refractivity contribution in [1.82, 2.24) is 0 Å². The van der Waals surface area contributed by atoms with Crippen LogP contribution in [0.3, 0.4) is 0 Å². The lowest BCUT2D eigenvalue weighted by Gasteiger charge is -2.09. The highest BCUT2D eigenvalue weighted by molar-refractivity contribution is 5.91. The molecule has 202 valence electrons. The summed E-state index contributed by atoms with van der Waals surface area (Å²) < 4.78 is 11.4. The second kappa shape index (κ2) is 16.5. The zero-order chi connectivity index (χ0) is 27.0. The Bertz CT molecular complexity index is 1080. The summed E-state index contributed by atoms with van der Waals surface area (Å²) in [5, 5.41) is 0. The Balaban J connectivity index is 1.40. The number of benzene rings is 3. The van der Waals surface area contributed by atoms with Crippen LogP contribution in [0.25, 0.3) is 11.1 Å². The van der Waals surface area contributed by atoms with E-state index in [0.29, 0.717) is 17.9 Å². The van der Waals surface area contributed by atoms with Crippen molar-refractivity contribution in [2.24, 2.45) is 5.92 Å². The van der Waals surface area contributed by atoms with Gasteiger partial charge in [-0.2, -0.15) is 0 Å². The van der Waals surface area contributed by atoms with Crippen molar-refractivity contribution in [3.8, 4) is 22.6 Å². The fourth-order valence-electron chi connectivity index (χ4n) is 4.34. The monoisotopic (exact) mass is 512 g/mol. The number of rotatable bonds is 17. The van der Waals surface area contributed by atoms with Crippen LogP contribution >= 0.6 is 0 Å². The molecule has 0 fully saturated rings. The molecule has 1 unspecified atom stereocenters. The Morgan fingerprint density at radius 2 is 1.37 bits per heavy atom. The van der Waals surface area contributed by atoms with Crippen LogP contribution in [0.4, 0.5) is 0 Å². The Labute approximate surface area is 229 Å². The molecule has 3 rings (SSSR count). The van der Waals surface area contributed by atoms with Gasteiger partial charge in [-0.15, -0.1) is 6.58 Å². The number of esters is 1. The van der Waals surface area contributed by atoms with Crippen molar-refractivity contribution in [1.29, 1.82) is 0 Å². The number of hydrogen-bond acceptors (Lipinski definition) is 3. The standard InChI is InChI=1S/C35H44O3/c1-4-6-7-8-9-10-11-12-27-37-33-23-25-34(26-24-33)38-35(36)32-21-19-31(20-22-32)30-17-15-29(16-18-30)14-13-28(3)5-2/h4,15-26,28H,1,5-14,27H2,2-3H3. The van der Waals surface area contributed by atoms with E-state index < -0.39 is 0 Å². The molecule has 0 aromatic heterocycles. The van der Waals surface area contributed by atoms with E-state index in [0.717, 1.165) is 42.1 Å². The highest BCUT2D eigenvalue weighted by atomic mass is 16.5. The van der Waals surface area contributed by atoms with Crippen molar-refractivity contribution in [2.75, 3.05) is 6.61 Å². The molecule has 3 nitrogen and oxygen atoms in total. The van der Waals surface area contributed by atoms with Crippen molar-refractivity contribution >= 4 is 5.97 Å². The van der Waals surface area contributed by atoms with Crippen LogP contribution in [-0.2, 0) is 6.42 Å². The fraction of sp³-hybridized carbons (Fsp3) is 0.400. The van der Waals surface area contributed by atoms with E-state index in [1.54, 1.807) is 12.1 Å². The number of unbranched alkanes of at least 4 members (excludes halogenated alkanes) is 6. The number of carbonyl (C=O) groups excluding carboxylic acids is 1. The first-order chi connectivity index (χ1) is 18.6. The predicted octanol–water partition coefficient (Wildman–Crippen LogP) is 9.85. The lowest BCUT2D eigenvalue weighted by Crippen LogP contribution is -2.08. The third-order valence-electron chi connectivity index (χ3n) is 7.14. The number of hydrogen-bond donors (Lipinski definition) is 0. The Morgan fingerprint density at radius 1 is 0.789 bits per heavy atom. The molecule has 0 heterocycles. The highest BCUT2D eigenvalue weighted by Crippen LogP contribution is 2.23. The third-order valence-corrected chi connectivity index (χ3v) is 7.14. The van der Waals surface area contributed by atoms with Gasteiger partial charge >= 0.3 is 5.97 Å². The maximum Gasteiger partial charge on any atom is 0.343 e. The van der Waals surface area contributed by atoms with Crippen LogP contribution in [0, 0.1) is 5.92 Å². The van der Waals surface area contributed by atoms with Gasteiger partial charge in [0.25, 0.3) is 0 Å². The topological polar surface area (TPSA) is 35.5 Å². The Morgan fingerprint density at radius 3 is 2.00 bits per heavy atom. The number of carbonyl (C=O) groups is 1. The summed E-state index contributed by atoms with van der Waals surface area (Å²) in [7, 11) is 0. The summed E-state index contributed by atoms with van der Waals surface area (Å²) in [5.74, 6) is 1.71. The van der Waals surface area contributed by atoms with E-state index in [4.69, 9.17) is 9.47 Å². The van der Waals surface area contributed by atoms with E-state index >= 15 is 0 Å². The minimum Gasteiger partial charge on any atom is -0.494 e. The number of aryl methyl sites for hydroxylation is 1. The molecule has 0 bridgehead atoms. The van der Waals surface area contributed by atoms with Crippen LogP contribution in [0.2, 0.25) is 0 Å². The molecule has 1 atom stereocenters. The molecular formula is C35H44O3. The largest absolute Gasteiger partial charge is 0.494 e. The van der Waals surface area contributed by atoms with E-state index in [2.05, 4.69) is 44.7 Å². The molecular weight excluding hydrogens is 468 g/mol. The molecule has 3 heteroatoms. The van der Waals surface area contributed by atoms with Crippen LogP contribution in [0.5, 0.6) is 11.5 Å². The van der Waals surface area contributed by atoms with Gasteiger partial charge in [0, 0.05) is 0 Å². The zero-order valence-electron chi connectivity index (χ0n) is 23.3. The van der Waals surface area contributed by atoms with E-state index in [9.17, 15) is 4.79 Å². The molecule has 0 saturated heterocycles. The smallest absolute Gasteiger partial charge is 0.343 e. The van der Waals surface area contributed by atoms with Crippen LogP contribution in [-0.4, -0.2) is 12.6 Å². The van der Waals surface area contributed by atoms with Gasteiger partial charge < -0.3 is 9.47 Å². The molecule has 0 radical (unpaired) electrons. The highest BCUT2D eigenvalue weighted by Gasteiger charge is 2.10. The normalized spacial score (nSPS) is 11.6. The summed E-state index contributed by atoms with van der Waals surface area (Å²) >= 11 is 0. The number of allylic oxidation sites excluding steroid dienone is 1. The molecule has 0 aliphatic rings. The zero-order valence-corrected chi connectivity index (χ0v) is 23.3. The van der Waals surface area contributed by atoms with Gasteiger partial charge in [0.05, 0.1) is 12.2 Å². The first kappa shape index (κ1) is 29.2. The molecule has 0 N–H and O–H groups in total. The van der Waals surface area contributed by atoms with E-state index in [-0.39, 0.29) is 5.97 Å². The van der Waals surface area contributed by atoms with Crippen LogP contribution in [0.1, 0.15) is 87.6 Å². The minimum absolute atomic E-state index is 0.362. The Hall–Kier alpha value is -3.33. The van der Waals surface area contributed by atoms with Gasteiger partial charge in [-0.05, 0) is 91.1 Å². The van der Waals surface area contributed by atoms with Gasteiger partial charge in [-0.3, -0.25) is 0 Å². The van der Waals surface area contributed by atoms with Crippen molar-refractivity contribution in [3.05, 3.63) is 96.6 Å². The Kier molecular flexibility index (Phi) is 12.7. The molecule has 0 saturated carbocycles. The molecule has 3 aromatic rings. The van der Waals surface area contributed by atoms with Gasteiger partial charge in [0.1, 0.15) is 11.5 Å². The second-order valence-corrected chi connectivity index (χ2v) is 10.2. The van der Waals surface area contributed by atoms with E-state index in [1.807, 2.05) is 42.5 Å². The average molecular weight is 513 g/mol. The van der Waals surface area contributed by atoms with Crippen molar-refractivity contribution in [3.63, 3.8) is 0 Å². The van der Waals surface area contributed by atoms with Gasteiger partial charge in [0.2, 0.25) is 0 Å². The van der Waals surface area contributed by atoms with Gasteiger partial charge in [0.15, 0.2) is 0 Å². The molecule has 3 aromatic carbocycles. The lowest BCUT2D eigenvalue weighted by atomic mass is 9.97. The van der Waals surface area contributed by atoms with Crippen LogP contribution in [0.15, 0.2) is 85.5 Å². The van der Waals surface area contributed by atoms with Gasteiger partial charge in [-0.25, -0.2) is 4.79 Å². The quantitative estimate of drug-likeness (QED) is 0.0781. The fourth-order valence-corrected chi connectivity index (χ4v) is 4.34. The maximum absolute atomic E-state index is 12.6. The molecule has 0 aliphatic heterocycles. The SMILES string of the molecule is C=CCCCCCCCCOc1ccc(OC(=O)c2ccc(-c3ccc(CCC(C)CC)cc3)cc2)cc1. The van der Waals surface area contributed by atoms with E-state index in [1.165, 1.54) is 50.5 Å². The molecule has 0 amide bonds. The molecule has 0 spiro atoms. The summed E-state index contributed by atoms with van der Waals surface area (Å²) in [6, 6.07) is 23.6. The van der Waals surface area contributed by atoms with Crippen molar-refractivity contribution in [2.45, 2.75) is 78.1 Å². The minimum atomic E-state index is -0.362. The van der Waals surface area contributed by atoms with Crippen LogP contribution < -0.4 is 9.47 Å². The molecule has 38 heavy (non-hydrogen) atoms. The summed E-state index contributed by atoms with van der Waals surface area (Å²) in [6.45, 7) is 9.02.